The maximum absolute atomic E-state index is 12.8. The molecule has 0 radical (unpaired) electrons. The number of carbonyl (C=O) groups is 1. The minimum Gasteiger partial charge on any atom is -0.443 e. The van der Waals surface area contributed by atoms with Gasteiger partial charge in [-0.15, -0.1) is 0 Å². The van der Waals surface area contributed by atoms with Gasteiger partial charge in [0.05, 0.1) is 10.5 Å². The SMILES string of the molecule is C[C@H](F)C(I)COS(=O)(=O)NC(=O)OC(C)(C)C. The molecule has 0 fully saturated rings. The van der Waals surface area contributed by atoms with Gasteiger partial charge in [0.1, 0.15) is 11.8 Å². The van der Waals surface area contributed by atoms with Gasteiger partial charge < -0.3 is 4.74 Å². The first-order valence-corrected chi connectivity index (χ1v) is 7.76. The van der Waals surface area contributed by atoms with E-state index in [-0.39, 0.29) is 6.61 Å². The third kappa shape index (κ3) is 8.86. The van der Waals surface area contributed by atoms with Crippen molar-refractivity contribution in [2.75, 3.05) is 6.61 Å². The van der Waals surface area contributed by atoms with Gasteiger partial charge in [-0.25, -0.2) is 9.18 Å². The molecule has 1 amide bonds. The van der Waals surface area contributed by atoms with Crippen molar-refractivity contribution in [3.8, 4) is 0 Å². The average Bonchev–Trinajstić information content (AvgIpc) is 2.09. The van der Waals surface area contributed by atoms with Gasteiger partial charge in [-0.05, 0) is 27.7 Å². The molecule has 2 atom stereocenters. The molecule has 0 aromatic rings. The molecule has 0 aliphatic rings. The van der Waals surface area contributed by atoms with Crippen molar-refractivity contribution in [1.29, 1.82) is 0 Å². The fourth-order valence-corrected chi connectivity index (χ4v) is 1.77. The van der Waals surface area contributed by atoms with Gasteiger partial charge in [-0.3, -0.25) is 4.18 Å². The predicted octanol–water partition coefficient (Wildman–Crippen LogP) is 1.93. The first kappa shape index (κ1) is 17.8. The van der Waals surface area contributed by atoms with Crippen LogP contribution >= 0.6 is 22.6 Å². The topological polar surface area (TPSA) is 81.7 Å². The first-order valence-electron chi connectivity index (χ1n) is 5.11. The van der Waals surface area contributed by atoms with Gasteiger partial charge in [0.2, 0.25) is 0 Å². The molecule has 0 heterocycles. The van der Waals surface area contributed by atoms with Crippen LogP contribution in [0.15, 0.2) is 0 Å². The molecular weight excluding hydrogens is 380 g/mol. The molecule has 0 bridgehead atoms. The zero-order chi connectivity index (χ0) is 14.6. The zero-order valence-corrected chi connectivity index (χ0v) is 13.5. The molecule has 0 aliphatic heterocycles. The molecule has 0 aliphatic carbocycles. The van der Waals surface area contributed by atoms with Crippen LogP contribution in [0, 0.1) is 0 Å². The van der Waals surface area contributed by atoms with Crippen molar-refractivity contribution in [3.05, 3.63) is 0 Å². The lowest BCUT2D eigenvalue weighted by Gasteiger charge is -2.19. The van der Waals surface area contributed by atoms with Gasteiger partial charge in [0, 0.05) is 0 Å². The van der Waals surface area contributed by atoms with Crippen LogP contribution in [0.5, 0.6) is 0 Å². The lowest BCUT2D eigenvalue weighted by atomic mass is 10.2. The Kier molecular flexibility index (Phi) is 6.79. The summed E-state index contributed by atoms with van der Waals surface area (Å²) in [4.78, 5) is 11.2. The maximum atomic E-state index is 12.8. The second-order valence-corrected chi connectivity index (χ2v) is 7.48. The summed E-state index contributed by atoms with van der Waals surface area (Å²) >= 11 is 1.72. The number of hydrogen-bond acceptors (Lipinski definition) is 5. The Balaban J connectivity index is 4.28. The average molecular weight is 397 g/mol. The van der Waals surface area contributed by atoms with E-state index in [1.807, 2.05) is 0 Å². The summed E-state index contributed by atoms with van der Waals surface area (Å²) in [5, 5.41) is 0. The van der Waals surface area contributed by atoms with Crippen LogP contribution < -0.4 is 4.72 Å². The van der Waals surface area contributed by atoms with E-state index < -0.39 is 32.1 Å². The van der Waals surface area contributed by atoms with Gasteiger partial charge >= 0.3 is 16.4 Å². The number of rotatable bonds is 5. The minimum atomic E-state index is -4.28. The predicted molar refractivity (Wildman–Crippen MR) is 72.6 cm³/mol. The second-order valence-electron chi connectivity index (χ2n) is 4.54. The van der Waals surface area contributed by atoms with E-state index in [0.717, 1.165) is 0 Å². The molecule has 0 saturated carbocycles. The van der Waals surface area contributed by atoms with Crippen molar-refractivity contribution in [1.82, 2.24) is 4.72 Å². The molecule has 1 unspecified atom stereocenters. The molecule has 1 N–H and O–H groups in total. The summed E-state index contributed by atoms with van der Waals surface area (Å²) in [6.45, 7) is 5.69. The van der Waals surface area contributed by atoms with Gasteiger partial charge in [0.15, 0.2) is 0 Å². The molecule has 0 aromatic heterocycles. The fraction of sp³-hybridized carbons (Fsp3) is 0.889. The maximum Gasteiger partial charge on any atom is 0.423 e. The highest BCUT2D eigenvalue weighted by molar-refractivity contribution is 14.1. The summed E-state index contributed by atoms with van der Waals surface area (Å²) in [6.07, 6.45) is -2.36. The van der Waals surface area contributed by atoms with E-state index in [1.165, 1.54) is 6.92 Å². The van der Waals surface area contributed by atoms with E-state index in [1.54, 1.807) is 48.1 Å². The highest BCUT2D eigenvalue weighted by Crippen LogP contribution is 2.11. The molecule has 0 spiro atoms. The molecule has 6 nitrogen and oxygen atoms in total. The third-order valence-electron chi connectivity index (χ3n) is 1.49. The normalized spacial score (nSPS) is 15.9. The number of ether oxygens (including phenoxy) is 1. The highest BCUT2D eigenvalue weighted by atomic mass is 127. The van der Waals surface area contributed by atoms with Crippen LogP contribution in [0.1, 0.15) is 27.7 Å². The van der Waals surface area contributed by atoms with E-state index in [9.17, 15) is 17.6 Å². The van der Waals surface area contributed by atoms with Crippen molar-refractivity contribution < 1.29 is 26.5 Å². The first-order chi connectivity index (χ1) is 7.93. The molecule has 9 heteroatoms. The van der Waals surface area contributed by atoms with E-state index in [0.29, 0.717) is 0 Å². The number of amides is 1. The molecule has 0 rings (SSSR count). The molecule has 108 valence electrons. The van der Waals surface area contributed by atoms with Crippen LogP contribution in [-0.2, 0) is 19.2 Å². The van der Waals surface area contributed by atoms with Crippen molar-refractivity contribution in [3.63, 3.8) is 0 Å². The fourth-order valence-electron chi connectivity index (χ4n) is 0.718. The van der Waals surface area contributed by atoms with Crippen LogP contribution in [0.25, 0.3) is 0 Å². The van der Waals surface area contributed by atoms with Crippen molar-refractivity contribution in [2.24, 2.45) is 0 Å². The Hall–Kier alpha value is -0.160. The molecule has 0 aromatic carbocycles. The summed E-state index contributed by atoms with van der Waals surface area (Å²) in [6, 6.07) is 0. The standard InChI is InChI=1S/C9H17FINO5S/c1-6(10)7(11)5-16-18(14,15)12-8(13)17-9(2,3)4/h6-7H,5H2,1-4H3,(H,12,13)/t6-,7?/m0/s1. The van der Waals surface area contributed by atoms with Crippen LogP contribution in [0.3, 0.4) is 0 Å². The summed E-state index contributed by atoms with van der Waals surface area (Å²) in [5.41, 5.74) is -0.821. The Bertz CT molecular complexity index is 379. The number of alkyl halides is 2. The summed E-state index contributed by atoms with van der Waals surface area (Å²) < 4.78 is 45.5. The zero-order valence-electron chi connectivity index (χ0n) is 10.6. The summed E-state index contributed by atoms with van der Waals surface area (Å²) in [7, 11) is -4.28. The number of carbonyl (C=O) groups excluding carboxylic acids is 1. The Labute approximate surface area is 120 Å². The Morgan fingerprint density at radius 1 is 1.44 bits per heavy atom. The number of hydrogen-bond donors (Lipinski definition) is 1. The number of halogens is 2. The quantitative estimate of drug-likeness (QED) is 0.567. The third-order valence-corrected chi connectivity index (χ3v) is 3.70. The van der Waals surface area contributed by atoms with Gasteiger partial charge in [-0.2, -0.15) is 13.1 Å². The van der Waals surface area contributed by atoms with Crippen LogP contribution in [0.2, 0.25) is 0 Å². The Morgan fingerprint density at radius 2 is 1.94 bits per heavy atom. The van der Waals surface area contributed by atoms with E-state index in [4.69, 9.17) is 4.74 Å². The molecular formula is C9H17FINO5S. The lowest BCUT2D eigenvalue weighted by molar-refractivity contribution is 0.0563. The van der Waals surface area contributed by atoms with Gasteiger partial charge in [0.25, 0.3) is 0 Å². The second kappa shape index (κ2) is 6.85. The van der Waals surface area contributed by atoms with Crippen LogP contribution in [-0.4, -0.2) is 36.8 Å². The van der Waals surface area contributed by atoms with Crippen molar-refractivity contribution >= 4 is 39.0 Å². The van der Waals surface area contributed by atoms with E-state index in [2.05, 4.69) is 4.18 Å². The molecule has 18 heavy (non-hydrogen) atoms. The monoisotopic (exact) mass is 397 g/mol. The summed E-state index contributed by atoms with van der Waals surface area (Å²) in [5.74, 6) is 0. The van der Waals surface area contributed by atoms with Gasteiger partial charge in [-0.1, -0.05) is 22.6 Å². The molecule has 0 saturated heterocycles. The Morgan fingerprint density at radius 3 is 2.33 bits per heavy atom. The van der Waals surface area contributed by atoms with Crippen molar-refractivity contribution in [2.45, 2.75) is 43.4 Å². The van der Waals surface area contributed by atoms with Crippen LogP contribution in [0.4, 0.5) is 9.18 Å². The smallest absolute Gasteiger partial charge is 0.423 e. The minimum absolute atomic E-state index is 0.365. The number of nitrogens with one attached hydrogen (secondary N) is 1. The largest absolute Gasteiger partial charge is 0.443 e. The highest BCUT2D eigenvalue weighted by Gasteiger charge is 2.23. The lowest BCUT2D eigenvalue weighted by Crippen LogP contribution is -2.38. The van der Waals surface area contributed by atoms with E-state index >= 15 is 0 Å².